The average Bonchev–Trinajstić information content (AvgIpc) is 3.36. The molecule has 2 heterocycles. The summed E-state index contributed by atoms with van der Waals surface area (Å²) in [5.74, 6) is 1.41. The van der Waals surface area contributed by atoms with Crippen LogP contribution in [0.25, 0.3) is 33.5 Å². The van der Waals surface area contributed by atoms with Crippen LogP contribution in [0.1, 0.15) is 11.1 Å². The molecule has 0 radical (unpaired) electrons. The van der Waals surface area contributed by atoms with Crippen molar-refractivity contribution in [3.05, 3.63) is 127 Å². The van der Waals surface area contributed by atoms with Gasteiger partial charge < -0.3 is 9.15 Å². The molecule has 39 heavy (non-hydrogen) atoms. The van der Waals surface area contributed by atoms with E-state index < -0.39 is 0 Å². The molecular formula is C30H18BrCl2N3O3. The summed E-state index contributed by atoms with van der Waals surface area (Å²) in [4.78, 5) is 18.2. The number of benzene rings is 4. The Labute approximate surface area is 241 Å². The average molecular weight is 619 g/mol. The van der Waals surface area contributed by atoms with E-state index in [2.05, 4.69) is 21.0 Å². The minimum Gasteiger partial charge on any atom is -0.489 e. The third kappa shape index (κ3) is 5.34. The molecule has 6 aromatic rings. The first kappa shape index (κ1) is 25.4. The quantitative estimate of drug-likeness (QED) is 0.176. The van der Waals surface area contributed by atoms with Gasteiger partial charge in [0.25, 0.3) is 5.56 Å². The van der Waals surface area contributed by atoms with Crippen LogP contribution in [0.3, 0.4) is 0 Å². The van der Waals surface area contributed by atoms with Crippen LogP contribution in [-0.4, -0.2) is 15.9 Å². The maximum absolute atomic E-state index is 13.5. The maximum Gasteiger partial charge on any atom is 0.282 e. The van der Waals surface area contributed by atoms with Crippen LogP contribution < -0.4 is 10.3 Å². The molecule has 4 aromatic carbocycles. The molecule has 0 aliphatic rings. The van der Waals surface area contributed by atoms with Gasteiger partial charge in [-0.15, -0.1) is 0 Å². The molecule has 0 saturated carbocycles. The Hall–Kier alpha value is -3.91. The lowest BCUT2D eigenvalue weighted by Gasteiger charge is -2.09. The number of aromatic nitrogens is 2. The highest BCUT2D eigenvalue weighted by molar-refractivity contribution is 9.10. The van der Waals surface area contributed by atoms with Crippen LogP contribution in [0.4, 0.5) is 0 Å². The largest absolute Gasteiger partial charge is 0.489 e. The molecule has 6 nitrogen and oxygen atoms in total. The van der Waals surface area contributed by atoms with Gasteiger partial charge in [-0.2, -0.15) is 9.78 Å². The lowest BCUT2D eigenvalue weighted by Crippen LogP contribution is -2.20. The van der Waals surface area contributed by atoms with E-state index in [-0.39, 0.29) is 5.56 Å². The second kappa shape index (κ2) is 10.7. The molecule has 0 N–H and O–H groups in total. The molecule has 192 valence electrons. The van der Waals surface area contributed by atoms with Crippen molar-refractivity contribution in [2.45, 2.75) is 6.61 Å². The summed E-state index contributed by atoms with van der Waals surface area (Å²) in [5, 5.41) is 6.98. The smallest absolute Gasteiger partial charge is 0.282 e. The number of rotatable bonds is 6. The van der Waals surface area contributed by atoms with Gasteiger partial charge in [0.15, 0.2) is 5.76 Å². The number of para-hydroxylation sites is 1. The summed E-state index contributed by atoms with van der Waals surface area (Å²) >= 11 is 15.7. The van der Waals surface area contributed by atoms with E-state index in [0.717, 1.165) is 21.0 Å². The Kier molecular flexibility index (Phi) is 6.95. The standard InChI is InChI=1S/C30H18BrCl2N3O3/c31-21-8-12-27-20(13-21)14-28(39-27)29-35-26-4-2-1-3-24(26)30(37)36(29)34-16-18-5-10-23(11-6-18)38-17-19-7-9-22(32)15-25(19)33/h1-16H,17H2. The van der Waals surface area contributed by atoms with Crippen molar-refractivity contribution in [3.63, 3.8) is 0 Å². The van der Waals surface area contributed by atoms with Crippen molar-refractivity contribution < 1.29 is 9.15 Å². The van der Waals surface area contributed by atoms with Crippen LogP contribution in [-0.2, 0) is 6.61 Å². The van der Waals surface area contributed by atoms with Gasteiger partial charge in [0.1, 0.15) is 17.9 Å². The minimum absolute atomic E-state index is 0.298. The van der Waals surface area contributed by atoms with Gasteiger partial charge in [-0.25, -0.2) is 4.98 Å². The number of hydrogen-bond acceptors (Lipinski definition) is 5. The van der Waals surface area contributed by atoms with Crippen molar-refractivity contribution in [3.8, 4) is 17.3 Å². The van der Waals surface area contributed by atoms with Crippen LogP contribution in [0.15, 0.2) is 110 Å². The highest BCUT2D eigenvalue weighted by Crippen LogP contribution is 2.29. The van der Waals surface area contributed by atoms with E-state index in [1.807, 2.05) is 60.7 Å². The number of hydrogen-bond donors (Lipinski definition) is 0. The van der Waals surface area contributed by atoms with E-state index in [9.17, 15) is 4.79 Å². The third-order valence-corrected chi connectivity index (χ3v) is 7.14. The molecule has 2 aromatic heterocycles. The molecule has 0 bridgehead atoms. The van der Waals surface area contributed by atoms with Gasteiger partial charge in [0, 0.05) is 25.5 Å². The molecular weight excluding hydrogens is 601 g/mol. The van der Waals surface area contributed by atoms with Crippen molar-refractivity contribution in [1.29, 1.82) is 0 Å². The molecule has 0 atom stereocenters. The van der Waals surface area contributed by atoms with Crippen molar-refractivity contribution in [1.82, 2.24) is 9.66 Å². The van der Waals surface area contributed by atoms with E-state index in [0.29, 0.717) is 50.5 Å². The third-order valence-electron chi connectivity index (χ3n) is 6.06. The van der Waals surface area contributed by atoms with Crippen molar-refractivity contribution in [2.24, 2.45) is 5.10 Å². The first-order valence-corrected chi connectivity index (χ1v) is 13.4. The van der Waals surface area contributed by atoms with E-state index in [1.165, 1.54) is 4.68 Å². The lowest BCUT2D eigenvalue weighted by atomic mass is 10.2. The molecule has 0 amide bonds. The minimum atomic E-state index is -0.298. The predicted octanol–water partition coefficient (Wildman–Crippen LogP) is 8.34. The fourth-order valence-electron chi connectivity index (χ4n) is 4.09. The Morgan fingerprint density at radius 2 is 1.79 bits per heavy atom. The molecule has 0 saturated heterocycles. The van der Waals surface area contributed by atoms with Crippen LogP contribution in [0.2, 0.25) is 10.0 Å². The van der Waals surface area contributed by atoms with Gasteiger partial charge in [0.05, 0.1) is 17.1 Å². The van der Waals surface area contributed by atoms with Crippen LogP contribution >= 0.6 is 39.1 Å². The van der Waals surface area contributed by atoms with Gasteiger partial charge >= 0.3 is 0 Å². The Bertz CT molecular complexity index is 1930. The first-order chi connectivity index (χ1) is 18.9. The fourth-order valence-corrected chi connectivity index (χ4v) is 4.93. The van der Waals surface area contributed by atoms with Gasteiger partial charge in [-0.1, -0.05) is 57.3 Å². The Morgan fingerprint density at radius 3 is 2.62 bits per heavy atom. The number of ether oxygens (including phenoxy) is 1. The molecule has 9 heteroatoms. The summed E-state index contributed by atoms with van der Waals surface area (Å²) in [7, 11) is 0. The predicted molar refractivity (Wildman–Crippen MR) is 159 cm³/mol. The van der Waals surface area contributed by atoms with E-state index in [4.69, 9.17) is 37.3 Å². The molecule has 0 unspecified atom stereocenters. The summed E-state index contributed by atoms with van der Waals surface area (Å²) in [6.07, 6.45) is 1.60. The summed E-state index contributed by atoms with van der Waals surface area (Å²) in [6.45, 7) is 0.305. The summed E-state index contributed by atoms with van der Waals surface area (Å²) in [5.41, 5.74) is 2.55. The monoisotopic (exact) mass is 617 g/mol. The number of furan rings is 1. The normalized spacial score (nSPS) is 11.6. The molecule has 0 aliphatic heterocycles. The van der Waals surface area contributed by atoms with Gasteiger partial charge in [0.2, 0.25) is 5.82 Å². The van der Waals surface area contributed by atoms with Crippen molar-refractivity contribution in [2.75, 3.05) is 0 Å². The highest BCUT2D eigenvalue weighted by atomic mass is 79.9. The number of nitrogens with zero attached hydrogens (tertiary/aromatic N) is 3. The first-order valence-electron chi connectivity index (χ1n) is 11.9. The van der Waals surface area contributed by atoms with E-state index in [1.54, 1.807) is 36.5 Å². The molecule has 0 fully saturated rings. The second-order valence-corrected chi connectivity index (χ2v) is 10.5. The summed E-state index contributed by atoms with van der Waals surface area (Å²) in [6, 6.07) is 27.3. The topological polar surface area (TPSA) is 69.6 Å². The zero-order chi connectivity index (χ0) is 26.9. The zero-order valence-corrected chi connectivity index (χ0v) is 23.2. The van der Waals surface area contributed by atoms with Crippen molar-refractivity contribution >= 4 is 67.2 Å². The summed E-state index contributed by atoms with van der Waals surface area (Å²) < 4.78 is 14.1. The van der Waals surface area contributed by atoms with Crippen LogP contribution in [0, 0.1) is 0 Å². The van der Waals surface area contributed by atoms with Gasteiger partial charge in [-0.3, -0.25) is 4.79 Å². The SMILES string of the molecule is O=c1c2ccccc2nc(-c2cc3cc(Br)ccc3o2)n1N=Cc1ccc(OCc2ccc(Cl)cc2Cl)cc1. The Morgan fingerprint density at radius 1 is 0.974 bits per heavy atom. The van der Waals surface area contributed by atoms with E-state index >= 15 is 0 Å². The molecule has 6 rings (SSSR count). The molecule has 0 aliphatic carbocycles. The second-order valence-electron chi connectivity index (χ2n) is 8.70. The lowest BCUT2D eigenvalue weighted by molar-refractivity contribution is 0.306. The number of halogens is 3. The highest BCUT2D eigenvalue weighted by Gasteiger charge is 2.16. The fraction of sp³-hybridized carbons (Fsp3) is 0.0333. The van der Waals surface area contributed by atoms with Gasteiger partial charge in [-0.05, 0) is 78.4 Å². The molecule has 0 spiro atoms. The Balaban J connectivity index is 1.32. The van der Waals surface area contributed by atoms with Crippen LogP contribution in [0.5, 0.6) is 5.75 Å². The maximum atomic E-state index is 13.5. The number of fused-ring (bicyclic) bond motifs is 2. The zero-order valence-electron chi connectivity index (χ0n) is 20.1.